The molecule has 31 heavy (non-hydrogen) atoms. The van der Waals surface area contributed by atoms with E-state index in [4.69, 9.17) is 9.47 Å². The lowest BCUT2D eigenvalue weighted by molar-refractivity contribution is -0.00700. The molecule has 0 bridgehead atoms. The highest BCUT2D eigenvalue weighted by atomic mass is 19.2. The Bertz CT molecular complexity index is 1080. The standard InChI is InChI=1S/C26H23F3O2/c1-3-16-4-12-23(31-15-16)21-10-9-19(14-22(21)27)17-5-7-18(8-6-17)20-11-13-24(30-2)26(29)25(20)28/h3,5-11,13-14,16,23H,1,4,12,15H2,2H3. The van der Waals surface area contributed by atoms with Gasteiger partial charge in [0.25, 0.3) is 0 Å². The molecule has 5 heteroatoms. The molecule has 1 saturated heterocycles. The van der Waals surface area contributed by atoms with Crippen LogP contribution in [0.15, 0.2) is 67.3 Å². The fourth-order valence-electron chi connectivity index (χ4n) is 3.93. The van der Waals surface area contributed by atoms with Crippen molar-refractivity contribution < 1.29 is 22.6 Å². The van der Waals surface area contributed by atoms with Crippen molar-refractivity contribution in [3.8, 4) is 28.0 Å². The first-order valence-electron chi connectivity index (χ1n) is 10.2. The number of benzene rings is 3. The van der Waals surface area contributed by atoms with E-state index < -0.39 is 11.6 Å². The average Bonchev–Trinajstić information content (AvgIpc) is 2.81. The topological polar surface area (TPSA) is 18.5 Å². The van der Waals surface area contributed by atoms with Crippen LogP contribution >= 0.6 is 0 Å². The number of hydrogen-bond donors (Lipinski definition) is 0. The molecule has 0 aromatic heterocycles. The molecule has 0 spiro atoms. The van der Waals surface area contributed by atoms with Crippen molar-refractivity contribution >= 4 is 0 Å². The lowest BCUT2D eigenvalue weighted by atomic mass is 9.93. The molecule has 0 saturated carbocycles. The van der Waals surface area contributed by atoms with E-state index in [1.165, 1.54) is 25.3 Å². The Hall–Kier alpha value is -3.05. The van der Waals surface area contributed by atoms with Gasteiger partial charge in [-0.1, -0.05) is 42.5 Å². The van der Waals surface area contributed by atoms with Crippen molar-refractivity contribution in [2.24, 2.45) is 5.92 Å². The molecule has 1 aliphatic rings. The van der Waals surface area contributed by atoms with Crippen LogP contribution in [0.5, 0.6) is 5.75 Å². The number of rotatable bonds is 5. The predicted octanol–water partition coefficient (Wildman–Crippen LogP) is 7.10. The first-order chi connectivity index (χ1) is 15.0. The Balaban J connectivity index is 1.55. The maximum Gasteiger partial charge on any atom is 0.201 e. The summed E-state index contributed by atoms with van der Waals surface area (Å²) in [6, 6.07) is 14.9. The van der Waals surface area contributed by atoms with E-state index in [-0.39, 0.29) is 23.2 Å². The Morgan fingerprint density at radius 2 is 1.61 bits per heavy atom. The minimum Gasteiger partial charge on any atom is -0.494 e. The molecule has 2 nitrogen and oxygen atoms in total. The summed E-state index contributed by atoms with van der Waals surface area (Å²) in [5.74, 6) is -2.12. The van der Waals surface area contributed by atoms with E-state index in [1.54, 1.807) is 30.3 Å². The molecule has 2 atom stereocenters. The second-order valence-corrected chi connectivity index (χ2v) is 7.65. The molecular weight excluding hydrogens is 401 g/mol. The molecule has 0 amide bonds. The van der Waals surface area contributed by atoms with Crippen LogP contribution in [0.1, 0.15) is 24.5 Å². The van der Waals surface area contributed by atoms with Gasteiger partial charge in [-0.3, -0.25) is 0 Å². The van der Waals surface area contributed by atoms with Gasteiger partial charge < -0.3 is 9.47 Å². The van der Waals surface area contributed by atoms with Crippen LogP contribution < -0.4 is 4.74 Å². The maximum atomic E-state index is 14.8. The van der Waals surface area contributed by atoms with Gasteiger partial charge in [0.05, 0.1) is 19.8 Å². The Morgan fingerprint density at radius 1 is 0.903 bits per heavy atom. The third-order valence-corrected chi connectivity index (χ3v) is 5.79. The molecule has 4 rings (SSSR count). The molecule has 2 unspecified atom stereocenters. The summed E-state index contributed by atoms with van der Waals surface area (Å²) >= 11 is 0. The van der Waals surface area contributed by atoms with Gasteiger partial charge in [0.15, 0.2) is 11.6 Å². The second-order valence-electron chi connectivity index (χ2n) is 7.65. The molecule has 0 aliphatic carbocycles. The number of methoxy groups -OCH3 is 1. The van der Waals surface area contributed by atoms with Crippen molar-refractivity contribution in [2.45, 2.75) is 18.9 Å². The van der Waals surface area contributed by atoms with E-state index >= 15 is 0 Å². The first-order valence-corrected chi connectivity index (χ1v) is 10.2. The minimum atomic E-state index is -1.02. The highest BCUT2D eigenvalue weighted by Crippen LogP contribution is 2.35. The first kappa shape index (κ1) is 21.2. The molecule has 3 aromatic rings. The van der Waals surface area contributed by atoms with Crippen molar-refractivity contribution in [1.29, 1.82) is 0 Å². The normalized spacial score (nSPS) is 18.6. The smallest absolute Gasteiger partial charge is 0.201 e. The lowest BCUT2D eigenvalue weighted by Crippen LogP contribution is -2.19. The molecule has 160 valence electrons. The molecule has 1 aliphatic heterocycles. The fraction of sp³-hybridized carbons (Fsp3) is 0.231. The molecule has 0 N–H and O–H groups in total. The Kier molecular flexibility index (Phi) is 6.14. The van der Waals surface area contributed by atoms with Crippen LogP contribution in [0.25, 0.3) is 22.3 Å². The largest absolute Gasteiger partial charge is 0.494 e. The number of halogens is 3. The van der Waals surface area contributed by atoms with Gasteiger partial charge in [0, 0.05) is 17.0 Å². The number of hydrogen-bond acceptors (Lipinski definition) is 2. The number of ether oxygens (including phenoxy) is 2. The van der Waals surface area contributed by atoms with Gasteiger partial charge in [-0.15, -0.1) is 6.58 Å². The van der Waals surface area contributed by atoms with Crippen LogP contribution in [-0.4, -0.2) is 13.7 Å². The maximum absolute atomic E-state index is 14.8. The van der Waals surface area contributed by atoms with Crippen molar-refractivity contribution in [3.05, 3.63) is 90.3 Å². The van der Waals surface area contributed by atoms with E-state index in [0.29, 0.717) is 29.2 Å². The fourth-order valence-corrected chi connectivity index (χ4v) is 3.93. The van der Waals surface area contributed by atoms with Crippen LogP contribution in [0.3, 0.4) is 0 Å². The van der Waals surface area contributed by atoms with Gasteiger partial charge in [-0.2, -0.15) is 4.39 Å². The van der Waals surface area contributed by atoms with Crippen molar-refractivity contribution in [3.63, 3.8) is 0 Å². The predicted molar refractivity (Wildman–Crippen MR) is 115 cm³/mol. The molecule has 0 radical (unpaired) electrons. The summed E-state index contributed by atoms with van der Waals surface area (Å²) in [7, 11) is 1.29. The Morgan fingerprint density at radius 3 is 2.23 bits per heavy atom. The summed E-state index contributed by atoms with van der Waals surface area (Å²) in [6.45, 7) is 4.34. The molecular formula is C26H23F3O2. The van der Waals surface area contributed by atoms with Gasteiger partial charge >= 0.3 is 0 Å². The zero-order valence-corrected chi connectivity index (χ0v) is 17.2. The summed E-state index contributed by atoms with van der Waals surface area (Å²) in [5, 5.41) is 0. The summed E-state index contributed by atoms with van der Waals surface area (Å²) < 4.78 is 53.8. The molecule has 3 aromatic carbocycles. The van der Waals surface area contributed by atoms with E-state index in [0.717, 1.165) is 18.4 Å². The molecule has 1 fully saturated rings. The van der Waals surface area contributed by atoms with E-state index in [2.05, 4.69) is 6.58 Å². The van der Waals surface area contributed by atoms with Gasteiger partial charge in [-0.25, -0.2) is 8.78 Å². The highest BCUT2D eigenvalue weighted by molar-refractivity contribution is 5.71. The van der Waals surface area contributed by atoms with E-state index in [1.807, 2.05) is 12.1 Å². The summed E-state index contributed by atoms with van der Waals surface area (Å²) in [6.07, 6.45) is 3.32. The highest BCUT2D eigenvalue weighted by Gasteiger charge is 2.24. The van der Waals surface area contributed by atoms with E-state index in [9.17, 15) is 13.2 Å². The summed E-state index contributed by atoms with van der Waals surface area (Å²) in [5.41, 5.74) is 2.69. The van der Waals surface area contributed by atoms with Crippen LogP contribution in [0.2, 0.25) is 0 Å². The van der Waals surface area contributed by atoms with Crippen molar-refractivity contribution in [2.75, 3.05) is 13.7 Å². The second kappa shape index (κ2) is 8.98. The lowest BCUT2D eigenvalue weighted by Gasteiger charge is -2.28. The minimum absolute atomic E-state index is 0.138. The van der Waals surface area contributed by atoms with Crippen LogP contribution in [0.4, 0.5) is 13.2 Å². The average molecular weight is 424 g/mol. The van der Waals surface area contributed by atoms with Gasteiger partial charge in [0.1, 0.15) is 5.82 Å². The zero-order chi connectivity index (χ0) is 22.0. The van der Waals surface area contributed by atoms with Gasteiger partial charge in [-0.05, 0) is 47.7 Å². The monoisotopic (exact) mass is 424 g/mol. The third-order valence-electron chi connectivity index (χ3n) is 5.79. The van der Waals surface area contributed by atoms with Crippen LogP contribution in [0, 0.1) is 23.4 Å². The SMILES string of the molecule is C=CC1CCC(c2ccc(-c3ccc(-c4ccc(OC)c(F)c4F)cc3)cc2F)OC1. The summed E-state index contributed by atoms with van der Waals surface area (Å²) in [4.78, 5) is 0. The van der Waals surface area contributed by atoms with Crippen LogP contribution in [-0.2, 0) is 4.74 Å². The third kappa shape index (κ3) is 4.23. The van der Waals surface area contributed by atoms with Crippen molar-refractivity contribution in [1.82, 2.24) is 0 Å². The molecule has 1 heterocycles. The Labute approximate surface area is 179 Å². The van der Waals surface area contributed by atoms with Gasteiger partial charge in [0.2, 0.25) is 5.82 Å². The zero-order valence-electron chi connectivity index (χ0n) is 17.2. The quantitative estimate of drug-likeness (QED) is 0.407.